The highest BCUT2D eigenvalue weighted by Crippen LogP contribution is 2.53. The van der Waals surface area contributed by atoms with Gasteiger partial charge in [-0.3, -0.25) is 0 Å². The van der Waals surface area contributed by atoms with Crippen LogP contribution in [-0.4, -0.2) is 66.6 Å². The van der Waals surface area contributed by atoms with Crippen LogP contribution in [0.2, 0.25) is 0 Å². The quantitative estimate of drug-likeness (QED) is 0.480. The second-order valence-corrected chi connectivity index (χ2v) is 12.4. The Balaban J connectivity index is 1.24. The Morgan fingerprint density at radius 3 is 2.58 bits per heavy atom. The van der Waals surface area contributed by atoms with Crippen LogP contribution in [0.5, 0.6) is 0 Å². The van der Waals surface area contributed by atoms with Crippen LogP contribution in [0.25, 0.3) is 0 Å². The molecule has 7 rings (SSSR count). The van der Waals surface area contributed by atoms with E-state index in [1.54, 1.807) is 0 Å². The number of hydrogen-bond acceptors (Lipinski definition) is 9. The molecule has 0 unspecified atom stereocenters. The van der Waals surface area contributed by atoms with Crippen LogP contribution in [0.4, 0.5) is 29.0 Å². The first kappa shape index (κ1) is 25.7. The van der Waals surface area contributed by atoms with Crippen LogP contribution in [0.15, 0.2) is 42.6 Å². The summed E-state index contributed by atoms with van der Waals surface area (Å²) in [6, 6.07) is 13.4. The van der Waals surface area contributed by atoms with Gasteiger partial charge in [0, 0.05) is 47.7 Å². The first-order valence-corrected chi connectivity index (χ1v) is 14.5. The van der Waals surface area contributed by atoms with Gasteiger partial charge < -0.3 is 29.9 Å². The predicted octanol–water partition coefficient (Wildman–Crippen LogP) is 4.64. The molecule has 2 N–H and O–H groups in total. The van der Waals surface area contributed by atoms with Crippen molar-refractivity contribution in [2.45, 2.75) is 63.1 Å². The number of fused-ring (bicyclic) bond motifs is 4. The summed E-state index contributed by atoms with van der Waals surface area (Å²) in [5, 5.41) is 6.90. The van der Waals surface area contributed by atoms with Crippen LogP contribution in [0.1, 0.15) is 56.5 Å². The second-order valence-electron chi connectivity index (χ2n) is 12.4. The minimum atomic E-state index is -0.231. The fourth-order valence-corrected chi connectivity index (χ4v) is 6.82. The van der Waals surface area contributed by atoms with Gasteiger partial charge in [0.2, 0.25) is 5.95 Å². The maximum Gasteiger partial charge on any atom is 0.229 e. The SMILES string of the molecule is CN[C@H]1CCc2ccc(N3c4nc(Nc5ccc(N6CCOCC6)cc5)ncc4[C@@]4(C)COC(C)(C)C[C@@H]34)nc21. The average molecular weight is 542 g/mol. The molecule has 2 fully saturated rings. The van der Waals surface area contributed by atoms with E-state index in [4.69, 9.17) is 24.4 Å². The summed E-state index contributed by atoms with van der Waals surface area (Å²) >= 11 is 0. The van der Waals surface area contributed by atoms with Crippen molar-refractivity contribution in [1.29, 1.82) is 0 Å². The van der Waals surface area contributed by atoms with E-state index < -0.39 is 0 Å². The van der Waals surface area contributed by atoms with Gasteiger partial charge in [0.05, 0.1) is 37.2 Å². The average Bonchev–Trinajstić information content (AvgIpc) is 3.49. The predicted molar refractivity (Wildman–Crippen MR) is 157 cm³/mol. The van der Waals surface area contributed by atoms with E-state index in [9.17, 15) is 0 Å². The third-order valence-electron chi connectivity index (χ3n) is 9.23. The van der Waals surface area contributed by atoms with Gasteiger partial charge in [0.1, 0.15) is 11.6 Å². The third kappa shape index (κ3) is 4.31. The lowest BCUT2D eigenvalue weighted by atomic mass is 9.73. The van der Waals surface area contributed by atoms with Crippen LogP contribution in [0, 0.1) is 0 Å². The summed E-state index contributed by atoms with van der Waals surface area (Å²) in [4.78, 5) is 19.9. The number of rotatable bonds is 5. The first-order chi connectivity index (χ1) is 19.3. The molecule has 0 spiro atoms. The lowest BCUT2D eigenvalue weighted by molar-refractivity contribution is -0.0893. The molecule has 9 nitrogen and oxygen atoms in total. The van der Waals surface area contributed by atoms with E-state index in [0.29, 0.717) is 12.6 Å². The van der Waals surface area contributed by atoms with Gasteiger partial charge in [-0.25, -0.2) is 9.97 Å². The smallest absolute Gasteiger partial charge is 0.229 e. The number of benzene rings is 1. The van der Waals surface area contributed by atoms with Gasteiger partial charge in [-0.2, -0.15) is 4.98 Å². The third-order valence-corrected chi connectivity index (χ3v) is 9.23. The molecule has 3 aromatic rings. The Labute approximate surface area is 236 Å². The van der Waals surface area contributed by atoms with Crippen molar-refractivity contribution in [1.82, 2.24) is 20.3 Å². The number of pyridine rings is 1. The summed E-state index contributed by atoms with van der Waals surface area (Å²) in [7, 11) is 2.02. The summed E-state index contributed by atoms with van der Waals surface area (Å²) in [6.45, 7) is 10.7. The molecule has 1 aromatic carbocycles. The van der Waals surface area contributed by atoms with Gasteiger partial charge in [0.15, 0.2) is 0 Å². The number of aromatic nitrogens is 3. The number of morpholine rings is 1. The van der Waals surface area contributed by atoms with Crippen molar-refractivity contribution < 1.29 is 9.47 Å². The number of anilines is 5. The summed E-state index contributed by atoms with van der Waals surface area (Å²) in [5.41, 5.74) is 5.32. The van der Waals surface area contributed by atoms with Crippen molar-refractivity contribution in [2.75, 3.05) is 55.1 Å². The Hall–Kier alpha value is -3.27. The van der Waals surface area contributed by atoms with E-state index in [-0.39, 0.29) is 23.1 Å². The van der Waals surface area contributed by atoms with Gasteiger partial charge in [-0.05, 0) is 76.1 Å². The maximum absolute atomic E-state index is 6.38. The molecule has 210 valence electrons. The minimum Gasteiger partial charge on any atom is -0.378 e. The molecular formula is C31H39N7O2. The standard InChI is InChI=1S/C31H39N7O2/c1-30(2)17-25-31(3,19-40-30)23-18-33-29(34-21-7-9-22(10-8-21)37-13-15-39-16-14-37)36-28(23)38(25)26-12-6-20-5-11-24(32-4)27(20)35-26/h6-10,12,18,24-25,32H,5,11,13-17,19H2,1-4H3,(H,33,34,36)/t24-,25+,31+/m0/s1. The van der Waals surface area contributed by atoms with Gasteiger partial charge in [-0.1, -0.05) is 13.0 Å². The molecule has 0 radical (unpaired) electrons. The number of nitrogens with zero attached hydrogens (tertiary/aromatic N) is 5. The molecule has 3 atom stereocenters. The number of hydrogen-bond donors (Lipinski definition) is 2. The van der Waals surface area contributed by atoms with Crippen molar-refractivity contribution >= 4 is 29.0 Å². The summed E-state index contributed by atoms with van der Waals surface area (Å²) in [6.07, 6.45) is 5.01. The summed E-state index contributed by atoms with van der Waals surface area (Å²) < 4.78 is 11.9. The first-order valence-electron chi connectivity index (χ1n) is 14.5. The van der Waals surface area contributed by atoms with Crippen molar-refractivity contribution in [3.8, 4) is 0 Å². The molecule has 0 amide bonds. The van der Waals surface area contributed by atoms with Crippen molar-refractivity contribution in [2.24, 2.45) is 0 Å². The molecule has 2 aromatic heterocycles. The number of aryl methyl sites for hydroxylation is 1. The number of nitrogens with one attached hydrogen (secondary N) is 2. The second kappa shape index (κ2) is 9.68. The van der Waals surface area contributed by atoms with Gasteiger partial charge >= 0.3 is 0 Å². The lowest BCUT2D eigenvalue weighted by Crippen LogP contribution is -2.54. The Bertz CT molecular complexity index is 1410. The fourth-order valence-electron chi connectivity index (χ4n) is 6.82. The van der Waals surface area contributed by atoms with Gasteiger partial charge in [-0.15, -0.1) is 0 Å². The van der Waals surface area contributed by atoms with E-state index in [0.717, 1.165) is 74.1 Å². The van der Waals surface area contributed by atoms with Crippen molar-refractivity contribution in [3.63, 3.8) is 0 Å². The zero-order chi connectivity index (χ0) is 27.5. The van der Waals surface area contributed by atoms with Crippen LogP contribution in [0.3, 0.4) is 0 Å². The molecule has 0 bridgehead atoms. The maximum atomic E-state index is 6.38. The monoisotopic (exact) mass is 541 g/mol. The van der Waals surface area contributed by atoms with Gasteiger partial charge in [0.25, 0.3) is 0 Å². The van der Waals surface area contributed by atoms with Crippen LogP contribution in [-0.2, 0) is 21.3 Å². The largest absolute Gasteiger partial charge is 0.378 e. The molecule has 5 heterocycles. The highest BCUT2D eigenvalue weighted by molar-refractivity contribution is 5.71. The number of ether oxygens (including phenoxy) is 2. The molecule has 40 heavy (non-hydrogen) atoms. The molecule has 2 saturated heterocycles. The molecule has 0 saturated carbocycles. The Kier molecular flexibility index (Phi) is 6.21. The molecule has 4 aliphatic rings. The molecule has 3 aliphatic heterocycles. The zero-order valence-corrected chi connectivity index (χ0v) is 23.9. The highest BCUT2D eigenvalue weighted by Gasteiger charge is 2.55. The van der Waals surface area contributed by atoms with Crippen molar-refractivity contribution in [3.05, 3.63) is 59.4 Å². The molecule has 9 heteroatoms. The Morgan fingerprint density at radius 1 is 1.00 bits per heavy atom. The normalized spacial score (nSPS) is 26.8. The lowest BCUT2D eigenvalue weighted by Gasteiger charge is -2.46. The van der Waals surface area contributed by atoms with Crippen LogP contribution < -0.4 is 20.4 Å². The van der Waals surface area contributed by atoms with Crippen LogP contribution >= 0.6 is 0 Å². The minimum absolute atomic E-state index is 0.170. The fraction of sp³-hybridized carbons (Fsp3) is 0.516. The topological polar surface area (TPSA) is 87.7 Å². The van der Waals surface area contributed by atoms with E-state index in [2.05, 4.69) is 77.6 Å². The Morgan fingerprint density at radius 2 is 1.80 bits per heavy atom. The van der Waals surface area contributed by atoms with E-state index in [1.807, 2.05) is 13.2 Å². The van der Waals surface area contributed by atoms with E-state index in [1.165, 1.54) is 11.3 Å². The van der Waals surface area contributed by atoms with E-state index >= 15 is 0 Å². The highest BCUT2D eigenvalue weighted by atomic mass is 16.5. The zero-order valence-electron chi connectivity index (χ0n) is 23.9. The molecule has 1 aliphatic carbocycles. The summed E-state index contributed by atoms with van der Waals surface area (Å²) in [5.74, 6) is 2.45. The molecular weight excluding hydrogens is 502 g/mol.